The molecule has 186 valence electrons. The lowest BCUT2D eigenvalue weighted by molar-refractivity contribution is 0.0533. The number of hydrogen-bond donors (Lipinski definition) is 1. The second-order valence-electron chi connectivity index (χ2n) is 8.51. The lowest BCUT2D eigenvalue weighted by Crippen LogP contribution is -2.54. The van der Waals surface area contributed by atoms with Gasteiger partial charge in [0.05, 0.1) is 23.3 Å². The third kappa shape index (κ3) is 6.07. The van der Waals surface area contributed by atoms with E-state index in [9.17, 15) is 4.39 Å². The molecule has 7 nitrogen and oxygen atoms in total. The van der Waals surface area contributed by atoms with Crippen LogP contribution >= 0.6 is 23.2 Å². The Morgan fingerprint density at radius 3 is 2.66 bits per heavy atom. The van der Waals surface area contributed by atoms with Gasteiger partial charge in [0, 0.05) is 62.3 Å². The minimum absolute atomic E-state index is 0.0501. The number of anilines is 1. The van der Waals surface area contributed by atoms with E-state index < -0.39 is 5.82 Å². The van der Waals surface area contributed by atoms with Crippen molar-refractivity contribution < 1.29 is 9.13 Å². The summed E-state index contributed by atoms with van der Waals surface area (Å²) < 4.78 is 19.5. The fourth-order valence-electron chi connectivity index (χ4n) is 4.20. The fraction of sp³-hybridized carbons (Fsp3) is 0.360. The Kier molecular flexibility index (Phi) is 8.15. The predicted molar refractivity (Wildman–Crippen MR) is 140 cm³/mol. The highest BCUT2D eigenvalue weighted by atomic mass is 35.5. The van der Waals surface area contributed by atoms with Crippen LogP contribution < -0.4 is 10.6 Å². The van der Waals surface area contributed by atoms with E-state index in [0.717, 1.165) is 18.9 Å². The summed E-state index contributed by atoms with van der Waals surface area (Å²) in [4.78, 5) is 15.8. The van der Waals surface area contributed by atoms with Gasteiger partial charge in [-0.2, -0.15) is 0 Å². The number of nitrogens with zero attached hydrogens (tertiary/aromatic N) is 5. The van der Waals surface area contributed by atoms with E-state index in [1.165, 1.54) is 12.1 Å². The number of pyridine rings is 1. The first-order valence-corrected chi connectivity index (χ1v) is 12.2. The first-order chi connectivity index (χ1) is 16.8. The Morgan fingerprint density at radius 1 is 1.20 bits per heavy atom. The number of amidine groups is 1. The second kappa shape index (κ2) is 11.3. The molecule has 3 heterocycles. The molecule has 2 aliphatic heterocycles. The normalized spacial score (nSPS) is 19.8. The quantitative estimate of drug-likeness (QED) is 0.471. The maximum Gasteiger partial charge on any atom is 0.147 e. The first kappa shape index (κ1) is 25.3. The molecule has 10 heteroatoms. The highest BCUT2D eigenvalue weighted by Gasteiger charge is 2.28. The predicted octanol–water partition coefficient (Wildman–Crippen LogP) is 4.24. The van der Waals surface area contributed by atoms with E-state index >= 15 is 0 Å². The standard InChI is InChI=1S/C25H29Cl2FN6O/c1-17-16-33(25-21(27)4-3-7-30-25)8-9-34(17)24(31-18(2)32-10-12-35-13-11-32)15-23(29)19-5-6-20(26)22(28)14-19/h3-7,14-15,17H,2,8-13,16,29H2,1H3/b23-15-,31-24?/t17-/m0/s1. The molecular formula is C25H29Cl2FN6O. The van der Waals surface area contributed by atoms with Gasteiger partial charge in [-0.1, -0.05) is 35.8 Å². The highest BCUT2D eigenvalue weighted by molar-refractivity contribution is 6.33. The van der Waals surface area contributed by atoms with Crippen molar-refractivity contribution in [2.24, 2.45) is 10.7 Å². The van der Waals surface area contributed by atoms with Gasteiger partial charge in [0.2, 0.25) is 0 Å². The average molecular weight is 519 g/mol. The number of aromatic nitrogens is 1. The number of halogens is 3. The fourth-order valence-corrected chi connectivity index (χ4v) is 4.56. The van der Waals surface area contributed by atoms with Crippen molar-refractivity contribution in [1.29, 1.82) is 0 Å². The lowest BCUT2D eigenvalue weighted by atomic mass is 10.1. The van der Waals surface area contributed by atoms with Crippen molar-refractivity contribution in [3.8, 4) is 0 Å². The molecule has 2 fully saturated rings. The zero-order valence-electron chi connectivity index (χ0n) is 19.6. The summed E-state index contributed by atoms with van der Waals surface area (Å²) in [6, 6.07) is 8.25. The van der Waals surface area contributed by atoms with Crippen molar-refractivity contribution in [1.82, 2.24) is 14.8 Å². The molecule has 1 aromatic heterocycles. The Balaban J connectivity index is 1.62. The second-order valence-corrected chi connectivity index (χ2v) is 9.33. The summed E-state index contributed by atoms with van der Waals surface area (Å²) in [6.07, 6.45) is 3.51. The molecule has 2 N–H and O–H groups in total. The van der Waals surface area contributed by atoms with Crippen LogP contribution in [0.5, 0.6) is 0 Å². The van der Waals surface area contributed by atoms with Crippen LogP contribution in [0.3, 0.4) is 0 Å². The number of piperazine rings is 1. The number of morpholine rings is 1. The summed E-state index contributed by atoms with van der Waals surface area (Å²) in [7, 11) is 0. The lowest BCUT2D eigenvalue weighted by Gasteiger charge is -2.42. The Labute approximate surface area is 215 Å². The van der Waals surface area contributed by atoms with Gasteiger partial charge in [-0.3, -0.25) is 0 Å². The minimum Gasteiger partial charge on any atom is -0.398 e. The summed E-state index contributed by atoms with van der Waals surface area (Å²) in [5.41, 5.74) is 7.32. The third-order valence-corrected chi connectivity index (χ3v) is 6.72. The number of nitrogens with two attached hydrogens (primary N) is 1. The molecule has 0 aliphatic carbocycles. The van der Waals surface area contributed by atoms with E-state index in [4.69, 9.17) is 38.7 Å². The largest absolute Gasteiger partial charge is 0.398 e. The van der Waals surface area contributed by atoms with Crippen LogP contribution in [0.15, 0.2) is 60.0 Å². The van der Waals surface area contributed by atoms with Gasteiger partial charge in [-0.15, -0.1) is 0 Å². The zero-order chi connectivity index (χ0) is 24.9. The van der Waals surface area contributed by atoms with Crippen molar-refractivity contribution in [2.75, 3.05) is 50.8 Å². The Bertz CT molecular complexity index is 1130. The summed E-state index contributed by atoms with van der Waals surface area (Å²) in [5, 5.41) is 0.672. The highest BCUT2D eigenvalue weighted by Crippen LogP contribution is 2.26. The van der Waals surface area contributed by atoms with Gasteiger partial charge in [0.25, 0.3) is 0 Å². The molecule has 1 atom stereocenters. The van der Waals surface area contributed by atoms with Gasteiger partial charge < -0.3 is 25.2 Å². The van der Waals surface area contributed by atoms with Crippen LogP contribution in [0, 0.1) is 5.82 Å². The summed E-state index contributed by atoms with van der Waals surface area (Å²) in [5.74, 6) is 1.54. The Morgan fingerprint density at radius 2 is 1.97 bits per heavy atom. The molecule has 0 unspecified atom stereocenters. The molecule has 0 amide bonds. The Hall–Kier alpha value is -2.81. The molecule has 35 heavy (non-hydrogen) atoms. The topological polar surface area (TPSA) is 70.2 Å². The molecular weight excluding hydrogens is 490 g/mol. The number of rotatable bonds is 5. The average Bonchev–Trinajstić information content (AvgIpc) is 2.86. The molecule has 0 saturated carbocycles. The van der Waals surface area contributed by atoms with Gasteiger partial charge in [0.15, 0.2) is 0 Å². The van der Waals surface area contributed by atoms with E-state index in [2.05, 4.69) is 33.2 Å². The number of hydrogen-bond acceptors (Lipinski definition) is 6. The smallest absolute Gasteiger partial charge is 0.147 e. The van der Waals surface area contributed by atoms with Crippen LogP contribution in [0.1, 0.15) is 12.5 Å². The molecule has 2 aliphatic rings. The van der Waals surface area contributed by atoms with Gasteiger partial charge in [-0.05, 0) is 31.2 Å². The van der Waals surface area contributed by atoms with Gasteiger partial charge >= 0.3 is 0 Å². The molecule has 2 saturated heterocycles. The molecule has 2 aromatic rings. The van der Waals surface area contributed by atoms with Crippen molar-refractivity contribution in [3.63, 3.8) is 0 Å². The number of ether oxygens (including phenoxy) is 1. The van der Waals surface area contributed by atoms with E-state index in [-0.39, 0.29) is 11.1 Å². The van der Waals surface area contributed by atoms with Crippen LogP contribution in [-0.2, 0) is 4.74 Å². The molecule has 4 rings (SSSR count). The maximum absolute atomic E-state index is 14.1. The van der Waals surface area contributed by atoms with Crippen LogP contribution in [0.25, 0.3) is 5.70 Å². The number of benzene rings is 1. The SMILES string of the molecule is C=C(N=C(/C=C(\N)c1ccc(Cl)c(F)c1)N1CCN(c2ncccc2Cl)C[C@@H]1C)N1CCOCC1. The van der Waals surface area contributed by atoms with Gasteiger partial charge in [0.1, 0.15) is 23.3 Å². The van der Waals surface area contributed by atoms with E-state index in [0.29, 0.717) is 60.8 Å². The zero-order valence-corrected chi connectivity index (χ0v) is 21.1. The van der Waals surface area contributed by atoms with E-state index in [1.54, 1.807) is 18.3 Å². The van der Waals surface area contributed by atoms with Crippen molar-refractivity contribution in [3.05, 3.63) is 76.4 Å². The molecule has 0 bridgehead atoms. The van der Waals surface area contributed by atoms with Crippen LogP contribution in [-0.4, -0.2) is 72.6 Å². The van der Waals surface area contributed by atoms with E-state index in [1.807, 2.05) is 12.1 Å². The maximum atomic E-state index is 14.1. The van der Waals surface area contributed by atoms with Crippen LogP contribution in [0.2, 0.25) is 10.0 Å². The van der Waals surface area contributed by atoms with Crippen molar-refractivity contribution >= 4 is 40.6 Å². The van der Waals surface area contributed by atoms with Crippen molar-refractivity contribution in [2.45, 2.75) is 13.0 Å². The molecule has 0 spiro atoms. The number of aliphatic imine (C=N–C) groups is 1. The monoisotopic (exact) mass is 518 g/mol. The van der Waals surface area contributed by atoms with Crippen LogP contribution in [0.4, 0.5) is 10.2 Å². The summed E-state index contributed by atoms with van der Waals surface area (Å²) >= 11 is 12.2. The minimum atomic E-state index is -0.522. The van der Waals surface area contributed by atoms with Gasteiger partial charge in [-0.25, -0.2) is 14.4 Å². The molecule has 0 radical (unpaired) electrons. The first-order valence-electron chi connectivity index (χ1n) is 11.5. The third-order valence-electron chi connectivity index (χ3n) is 6.12. The molecule has 1 aromatic carbocycles. The summed E-state index contributed by atoms with van der Waals surface area (Å²) in [6.45, 7) is 11.1.